The van der Waals surface area contributed by atoms with E-state index in [1.807, 2.05) is 24.3 Å². The molecule has 0 nitrogen and oxygen atoms in total. The summed E-state index contributed by atoms with van der Waals surface area (Å²) in [5.74, 6) is 0. The molecular weight excluding hydrogens is 286 g/mol. The first kappa shape index (κ1) is 11.6. The van der Waals surface area contributed by atoms with Gasteiger partial charge in [-0.25, -0.2) is 0 Å². The summed E-state index contributed by atoms with van der Waals surface area (Å²) in [5.41, 5.74) is 1.29. The molecule has 0 saturated heterocycles. The minimum Gasteiger partial charge on any atom is -0.358 e. The zero-order valence-corrected chi connectivity index (χ0v) is 8.20. The molecule has 1 heteroatoms. The van der Waals surface area contributed by atoms with Crippen LogP contribution in [0.4, 0.5) is 0 Å². The Hall–Kier alpha value is -0.144. The van der Waals surface area contributed by atoms with Crippen molar-refractivity contribution in [2.45, 2.75) is 6.92 Å². The van der Waals surface area contributed by atoms with E-state index in [0.717, 1.165) is 0 Å². The van der Waals surface area contributed by atoms with E-state index < -0.39 is 0 Å². The van der Waals surface area contributed by atoms with Crippen molar-refractivity contribution >= 4 is 0 Å². The van der Waals surface area contributed by atoms with Gasteiger partial charge in [0.1, 0.15) is 0 Å². The smallest absolute Gasteiger partial charge is 0.358 e. The second kappa shape index (κ2) is 5.98. The predicted molar refractivity (Wildman–Crippen MR) is 36.4 cm³/mol. The predicted octanol–water partition coefficient (Wildman–Crippen LogP) is 2.24. The topological polar surface area (TPSA) is 0 Å². The minimum atomic E-state index is 0. The van der Waals surface area contributed by atoms with Gasteiger partial charge in [0.15, 0.2) is 0 Å². The van der Waals surface area contributed by atoms with Crippen molar-refractivity contribution in [2.24, 2.45) is 0 Å². The first-order valence-corrected chi connectivity index (χ1v) is 2.32. The number of hydrogen-bond acceptors (Lipinski definition) is 0. The van der Waals surface area contributed by atoms with Gasteiger partial charge < -0.3 is 7.43 Å². The molecule has 9 heavy (non-hydrogen) atoms. The number of benzene rings is 1. The summed E-state index contributed by atoms with van der Waals surface area (Å²) in [6.07, 6.45) is 0. The van der Waals surface area contributed by atoms with Gasteiger partial charge in [-0.15, -0.1) is 0 Å². The second-order valence-electron chi connectivity index (χ2n) is 1.58. The van der Waals surface area contributed by atoms with Crippen LogP contribution in [0.3, 0.4) is 0 Å². The van der Waals surface area contributed by atoms with Crippen molar-refractivity contribution in [1.82, 2.24) is 0 Å². The third kappa shape index (κ3) is 4.37. The third-order valence-electron chi connectivity index (χ3n) is 0.885. The van der Waals surface area contributed by atoms with Crippen molar-refractivity contribution in [3.63, 3.8) is 0 Å². The van der Waals surface area contributed by atoms with Gasteiger partial charge in [-0.2, -0.15) is 35.9 Å². The van der Waals surface area contributed by atoms with Gasteiger partial charge in [0.2, 0.25) is 0 Å². The fraction of sp³-hybridized carbons (Fsp3) is 0.125. The Labute approximate surface area is 70.3 Å². The molecule has 1 aromatic rings. The van der Waals surface area contributed by atoms with E-state index >= 15 is 0 Å². The average Bonchev–Trinajstić information content (AvgIpc) is 1.69. The van der Waals surface area contributed by atoms with Gasteiger partial charge >= 0.3 is 19.8 Å². The molecule has 1 rings (SSSR count). The van der Waals surface area contributed by atoms with Crippen molar-refractivity contribution in [2.75, 3.05) is 0 Å². The Balaban J connectivity index is 0. The number of hydrogen-bond donors (Lipinski definition) is 0. The maximum Gasteiger partial charge on any atom is 2.00 e. The van der Waals surface area contributed by atoms with Crippen LogP contribution in [0.5, 0.6) is 0 Å². The molecule has 0 unspecified atom stereocenters. The summed E-state index contributed by atoms with van der Waals surface area (Å²) < 4.78 is 0. The summed E-state index contributed by atoms with van der Waals surface area (Å²) in [6.45, 7) is 2.06. The van der Waals surface area contributed by atoms with Crippen LogP contribution >= 0.6 is 0 Å². The molecular formula is C8H10Os. The van der Waals surface area contributed by atoms with E-state index in [-0.39, 0.29) is 27.2 Å². The van der Waals surface area contributed by atoms with Gasteiger partial charge in [-0.05, 0) is 0 Å². The molecule has 0 aliphatic heterocycles. The molecule has 0 aliphatic rings. The maximum atomic E-state index is 2.93. The molecule has 0 saturated carbocycles. The van der Waals surface area contributed by atoms with Gasteiger partial charge in [-0.3, -0.25) is 0 Å². The minimum absolute atomic E-state index is 0. The zero-order chi connectivity index (χ0) is 5.11. The van der Waals surface area contributed by atoms with Crippen LogP contribution in [-0.2, 0) is 19.8 Å². The molecule has 0 atom stereocenters. The van der Waals surface area contributed by atoms with Crippen LogP contribution in [-0.4, -0.2) is 0 Å². The molecule has 50 valence electrons. The Kier molecular flexibility index (Phi) is 7.73. The fourth-order valence-corrected chi connectivity index (χ4v) is 0.470. The van der Waals surface area contributed by atoms with Gasteiger partial charge in [0.05, 0.1) is 0 Å². The SMILES string of the molecule is Cc1cc[c-]cc1.[CH3-].[Os+2]. The van der Waals surface area contributed by atoms with Crippen LogP contribution in [0.1, 0.15) is 5.56 Å². The summed E-state index contributed by atoms with van der Waals surface area (Å²) in [6, 6.07) is 10.8. The summed E-state index contributed by atoms with van der Waals surface area (Å²) in [7, 11) is 0. The Morgan fingerprint density at radius 3 is 1.89 bits per heavy atom. The quantitative estimate of drug-likeness (QED) is 0.644. The summed E-state index contributed by atoms with van der Waals surface area (Å²) in [4.78, 5) is 0. The average molecular weight is 296 g/mol. The third-order valence-corrected chi connectivity index (χ3v) is 0.885. The molecule has 0 fully saturated rings. The molecule has 0 aromatic heterocycles. The van der Waals surface area contributed by atoms with Crippen LogP contribution in [0, 0.1) is 20.4 Å². The van der Waals surface area contributed by atoms with Crippen LogP contribution in [0.25, 0.3) is 0 Å². The van der Waals surface area contributed by atoms with Gasteiger partial charge in [0.25, 0.3) is 0 Å². The second-order valence-corrected chi connectivity index (χ2v) is 1.58. The molecule has 0 bridgehead atoms. The van der Waals surface area contributed by atoms with Crippen LogP contribution < -0.4 is 0 Å². The van der Waals surface area contributed by atoms with E-state index in [1.54, 1.807) is 0 Å². The number of aryl methyl sites for hydroxylation is 1. The maximum absolute atomic E-state index is 2.93. The molecule has 0 radical (unpaired) electrons. The van der Waals surface area contributed by atoms with E-state index in [9.17, 15) is 0 Å². The molecule has 1 aromatic carbocycles. The molecule has 0 N–H and O–H groups in total. The van der Waals surface area contributed by atoms with Gasteiger partial charge in [-0.1, -0.05) is 6.92 Å². The Morgan fingerprint density at radius 2 is 1.67 bits per heavy atom. The standard InChI is InChI=1S/C7H7.CH3.Os/c1-7-5-3-2-4-6-7;;/h3-6H,1H3;1H3;/q2*-1;+2. The van der Waals surface area contributed by atoms with Crippen molar-refractivity contribution in [1.29, 1.82) is 0 Å². The van der Waals surface area contributed by atoms with E-state index in [1.165, 1.54) is 5.56 Å². The zero-order valence-electron chi connectivity index (χ0n) is 5.66. The fourth-order valence-electron chi connectivity index (χ4n) is 0.470. The van der Waals surface area contributed by atoms with Crippen LogP contribution in [0.15, 0.2) is 24.3 Å². The summed E-state index contributed by atoms with van der Waals surface area (Å²) in [5, 5.41) is 0. The van der Waals surface area contributed by atoms with Crippen molar-refractivity contribution in [3.8, 4) is 0 Å². The molecule has 0 aliphatic carbocycles. The Bertz CT molecular complexity index is 134. The van der Waals surface area contributed by atoms with Gasteiger partial charge in [0, 0.05) is 0 Å². The van der Waals surface area contributed by atoms with E-state index in [4.69, 9.17) is 0 Å². The summed E-state index contributed by atoms with van der Waals surface area (Å²) >= 11 is 0. The molecule has 0 amide bonds. The van der Waals surface area contributed by atoms with Crippen molar-refractivity contribution < 1.29 is 19.8 Å². The molecule has 0 heterocycles. The first-order chi connectivity index (χ1) is 3.39. The Morgan fingerprint density at radius 1 is 1.22 bits per heavy atom. The van der Waals surface area contributed by atoms with Crippen molar-refractivity contribution in [3.05, 3.63) is 43.3 Å². The molecule has 0 spiro atoms. The monoisotopic (exact) mass is 298 g/mol. The number of rotatable bonds is 0. The van der Waals surface area contributed by atoms with Crippen LogP contribution in [0.2, 0.25) is 0 Å². The first-order valence-electron chi connectivity index (χ1n) is 2.32. The normalized spacial score (nSPS) is 6.78. The van der Waals surface area contributed by atoms with E-state index in [0.29, 0.717) is 0 Å². The largest absolute Gasteiger partial charge is 2.00 e. The van der Waals surface area contributed by atoms with E-state index in [2.05, 4.69) is 13.0 Å².